The summed E-state index contributed by atoms with van der Waals surface area (Å²) in [6.07, 6.45) is 1.54. The molecular weight excluding hydrogens is 305 g/mol. The fraction of sp³-hybridized carbons (Fsp3) is 0.118. The van der Waals surface area contributed by atoms with Crippen LogP contribution in [-0.2, 0) is 0 Å². The fourth-order valence-corrected chi connectivity index (χ4v) is 2.19. The molecule has 1 N–H and O–H groups in total. The molecule has 0 saturated heterocycles. The van der Waals surface area contributed by atoms with Gasteiger partial charge in [0.15, 0.2) is 5.78 Å². The summed E-state index contributed by atoms with van der Waals surface area (Å²) in [7, 11) is 0. The average molecular weight is 320 g/mol. The van der Waals surface area contributed by atoms with E-state index in [1.165, 1.54) is 0 Å². The molecule has 0 radical (unpaired) electrons. The summed E-state index contributed by atoms with van der Waals surface area (Å²) in [5.74, 6) is -0.0573. The van der Waals surface area contributed by atoms with Crippen molar-refractivity contribution in [2.75, 3.05) is 5.32 Å². The molecule has 0 aromatic heterocycles. The van der Waals surface area contributed by atoms with Crippen LogP contribution in [0.25, 0.3) is 0 Å². The molecule has 2 nitrogen and oxygen atoms in total. The van der Waals surface area contributed by atoms with E-state index in [2.05, 4.69) is 5.32 Å². The van der Waals surface area contributed by atoms with Crippen molar-refractivity contribution < 1.29 is 4.79 Å². The number of carbonyl (C=O) groups excluding carboxylic acids is 1. The molecule has 0 aliphatic rings. The first-order valence-electron chi connectivity index (χ1n) is 6.47. The molecule has 2 rings (SSSR count). The number of hydrogen-bond acceptors (Lipinski definition) is 2. The van der Waals surface area contributed by atoms with Gasteiger partial charge in [0.25, 0.3) is 0 Å². The lowest BCUT2D eigenvalue weighted by Gasteiger charge is -2.09. The van der Waals surface area contributed by atoms with Crippen molar-refractivity contribution >= 4 is 34.7 Å². The number of aryl methyl sites for hydroxylation is 1. The Morgan fingerprint density at radius 3 is 2.43 bits per heavy atom. The number of ketones is 1. The van der Waals surface area contributed by atoms with Crippen LogP contribution in [-0.4, -0.2) is 5.78 Å². The van der Waals surface area contributed by atoms with E-state index in [1.807, 2.05) is 44.2 Å². The largest absolute Gasteiger partial charge is 0.358 e. The maximum Gasteiger partial charge on any atom is 0.187 e. The molecule has 4 heteroatoms. The van der Waals surface area contributed by atoms with Crippen LogP contribution in [0.3, 0.4) is 0 Å². The highest BCUT2D eigenvalue weighted by molar-refractivity contribution is 6.43. The number of hydrogen-bond donors (Lipinski definition) is 1. The van der Waals surface area contributed by atoms with E-state index in [0.717, 1.165) is 5.56 Å². The zero-order chi connectivity index (χ0) is 15.4. The van der Waals surface area contributed by atoms with Crippen LogP contribution < -0.4 is 5.32 Å². The number of rotatable bonds is 4. The Kier molecular flexibility index (Phi) is 5.05. The van der Waals surface area contributed by atoms with Crippen LogP contribution in [0.4, 0.5) is 5.69 Å². The number of carbonyl (C=O) groups is 1. The molecule has 21 heavy (non-hydrogen) atoms. The second-order valence-corrected chi connectivity index (χ2v) is 5.57. The van der Waals surface area contributed by atoms with Gasteiger partial charge in [-0.1, -0.05) is 59.1 Å². The van der Waals surface area contributed by atoms with Gasteiger partial charge in [-0.2, -0.15) is 0 Å². The van der Waals surface area contributed by atoms with Gasteiger partial charge >= 0.3 is 0 Å². The van der Waals surface area contributed by atoms with Gasteiger partial charge in [-0.3, -0.25) is 4.79 Å². The molecular formula is C17H15Cl2NO. The third-order valence-corrected chi connectivity index (χ3v) is 3.79. The minimum absolute atomic E-state index is 0.0573. The van der Waals surface area contributed by atoms with Gasteiger partial charge in [-0.25, -0.2) is 0 Å². The predicted octanol–water partition coefficient (Wildman–Crippen LogP) is 5.50. The first kappa shape index (κ1) is 15.6. The SMILES string of the molecule is C/C(=C\C(=O)c1ccc(C)cc1)Nc1cccc(Cl)c1Cl. The Balaban J connectivity index is 2.15. The molecule has 0 bridgehead atoms. The van der Waals surface area contributed by atoms with Crippen molar-refractivity contribution in [3.8, 4) is 0 Å². The third-order valence-electron chi connectivity index (χ3n) is 2.97. The second-order valence-electron chi connectivity index (χ2n) is 4.78. The molecule has 0 fully saturated rings. The van der Waals surface area contributed by atoms with Gasteiger partial charge in [0, 0.05) is 17.3 Å². The minimum Gasteiger partial charge on any atom is -0.358 e. The normalized spacial score (nSPS) is 11.3. The molecule has 0 aliphatic carbocycles. The molecule has 0 amide bonds. The zero-order valence-corrected chi connectivity index (χ0v) is 13.3. The van der Waals surface area contributed by atoms with Crippen molar-refractivity contribution in [3.63, 3.8) is 0 Å². The van der Waals surface area contributed by atoms with Crippen molar-refractivity contribution in [1.82, 2.24) is 0 Å². The number of benzene rings is 2. The van der Waals surface area contributed by atoms with Crippen LogP contribution >= 0.6 is 23.2 Å². The van der Waals surface area contributed by atoms with Crippen molar-refractivity contribution in [1.29, 1.82) is 0 Å². The Hall–Kier alpha value is -1.77. The maximum atomic E-state index is 12.1. The van der Waals surface area contributed by atoms with E-state index in [4.69, 9.17) is 23.2 Å². The molecule has 108 valence electrons. The van der Waals surface area contributed by atoms with Gasteiger partial charge in [-0.05, 0) is 26.0 Å². The summed E-state index contributed by atoms with van der Waals surface area (Å²) in [6.45, 7) is 3.79. The lowest BCUT2D eigenvalue weighted by Crippen LogP contribution is -2.02. The molecule has 0 unspecified atom stereocenters. The highest BCUT2D eigenvalue weighted by Gasteiger charge is 2.06. The van der Waals surface area contributed by atoms with Crippen molar-refractivity contribution in [2.24, 2.45) is 0 Å². The highest BCUT2D eigenvalue weighted by atomic mass is 35.5. The molecule has 0 aliphatic heterocycles. The van der Waals surface area contributed by atoms with Crippen LogP contribution in [0.2, 0.25) is 10.0 Å². The maximum absolute atomic E-state index is 12.1. The molecule has 0 spiro atoms. The summed E-state index contributed by atoms with van der Waals surface area (Å²) in [6, 6.07) is 12.8. The van der Waals surface area contributed by atoms with Gasteiger partial charge in [0.2, 0.25) is 0 Å². The third kappa shape index (κ3) is 4.10. The number of nitrogens with one attached hydrogen (secondary N) is 1. The van der Waals surface area contributed by atoms with Gasteiger partial charge < -0.3 is 5.32 Å². The predicted molar refractivity (Wildman–Crippen MR) is 89.4 cm³/mol. The van der Waals surface area contributed by atoms with Crippen molar-refractivity contribution in [3.05, 3.63) is 75.4 Å². The Morgan fingerprint density at radius 2 is 1.76 bits per heavy atom. The van der Waals surface area contributed by atoms with Crippen LogP contribution in [0.15, 0.2) is 54.2 Å². The number of halogens is 2. The molecule has 2 aromatic rings. The van der Waals surface area contributed by atoms with E-state index in [-0.39, 0.29) is 5.78 Å². The first-order chi connectivity index (χ1) is 9.97. The van der Waals surface area contributed by atoms with Gasteiger partial charge in [-0.15, -0.1) is 0 Å². The quantitative estimate of drug-likeness (QED) is 0.595. The standard InChI is InChI=1S/C17H15Cl2NO/c1-11-6-8-13(9-7-11)16(21)10-12(2)20-15-5-3-4-14(18)17(15)19/h3-10,20H,1-2H3/b12-10+. The Morgan fingerprint density at radius 1 is 1.10 bits per heavy atom. The molecule has 2 aromatic carbocycles. The average Bonchev–Trinajstić information content (AvgIpc) is 2.44. The zero-order valence-electron chi connectivity index (χ0n) is 11.8. The number of anilines is 1. The molecule has 0 atom stereocenters. The summed E-state index contributed by atoms with van der Waals surface area (Å²) in [5.41, 5.74) is 3.15. The summed E-state index contributed by atoms with van der Waals surface area (Å²) >= 11 is 12.1. The van der Waals surface area contributed by atoms with E-state index in [9.17, 15) is 4.79 Å². The summed E-state index contributed by atoms with van der Waals surface area (Å²) in [4.78, 5) is 12.1. The Bertz CT molecular complexity index is 690. The molecule has 0 heterocycles. The minimum atomic E-state index is -0.0573. The highest BCUT2D eigenvalue weighted by Crippen LogP contribution is 2.30. The van der Waals surface area contributed by atoms with Crippen LogP contribution in [0.5, 0.6) is 0 Å². The van der Waals surface area contributed by atoms with Crippen LogP contribution in [0.1, 0.15) is 22.8 Å². The van der Waals surface area contributed by atoms with Crippen molar-refractivity contribution in [2.45, 2.75) is 13.8 Å². The summed E-state index contributed by atoms with van der Waals surface area (Å²) < 4.78 is 0. The van der Waals surface area contributed by atoms with Crippen LogP contribution in [0, 0.1) is 6.92 Å². The second kappa shape index (κ2) is 6.79. The van der Waals surface area contributed by atoms with Gasteiger partial charge in [0.05, 0.1) is 15.7 Å². The van der Waals surface area contributed by atoms with E-state index in [0.29, 0.717) is 27.0 Å². The van der Waals surface area contributed by atoms with E-state index in [1.54, 1.807) is 18.2 Å². The number of allylic oxidation sites excluding steroid dienone is 2. The fourth-order valence-electron chi connectivity index (χ4n) is 1.85. The smallest absolute Gasteiger partial charge is 0.187 e. The summed E-state index contributed by atoms with van der Waals surface area (Å²) in [5, 5.41) is 4.00. The Labute approximate surface area is 134 Å². The van der Waals surface area contributed by atoms with Gasteiger partial charge in [0.1, 0.15) is 0 Å². The lowest BCUT2D eigenvalue weighted by atomic mass is 10.1. The topological polar surface area (TPSA) is 29.1 Å². The first-order valence-corrected chi connectivity index (χ1v) is 7.23. The van der Waals surface area contributed by atoms with E-state index < -0.39 is 0 Å². The monoisotopic (exact) mass is 319 g/mol. The van der Waals surface area contributed by atoms with E-state index >= 15 is 0 Å². The molecule has 0 saturated carbocycles. The lowest BCUT2D eigenvalue weighted by molar-refractivity contribution is 0.104.